The molecule has 7 aliphatic rings. The molecule has 6 aliphatic heterocycles. The van der Waals surface area contributed by atoms with E-state index >= 15 is 0 Å². The fourth-order valence-electron chi connectivity index (χ4n) is 7.19. The van der Waals surface area contributed by atoms with Crippen molar-refractivity contribution in [3.8, 4) is 0 Å². The first-order valence-corrected chi connectivity index (χ1v) is 14.4. The standard InChI is InChI=1S/C33H34N4O3/c1-7-18-14(3)21-11-23-16(5)20-9-10-27(38)40-33-29(30(20)36-23)31-28(32(33)39)17(6)24(37-31)13-26-19(8-2)15(4)22(35-26)12-25(18)34-21/h11-13,16,20,33,36,39H,7-10H2,1-6H3/t16-,20-,33?/m0/s1. The van der Waals surface area contributed by atoms with Gasteiger partial charge in [-0.1, -0.05) is 20.8 Å². The third kappa shape index (κ3) is 3.36. The summed E-state index contributed by atoms with van der Waals surface area (Å²) in [6.07, 6.45) is 8.17. The number of aliphatic hydroxyl groups is 1. The molecule has 204 valence electrons. The van der Waals surface area contributed by atoms with Gasteiger partial charge in [-0.05, 0) is 86.1 Å². The Kier molecular flexibility index (Phi) is 5.47. The number of hydrogen-bond donors (Lipinski definition) is 2. The molecule has 1 fully saturated rings. The summed E-state index contributed by atoms with van der Waals surface area (Å²) in [5.74, 6) is -0.0158. The van der Waals surface area contributed by atoms with Crippen molar-refractivity contribution in [1.82, 2.24) is 5.32 Å². The van der Waals surface area contributed by atoms with E-state index in [0.29, 0.717) is 24.1 Å². The lowest BCUT2D eigenvalue weighted by atomic mass is 9.85. The predicted octanol–water partition coefficient (Wildman–Crippen LogP) is 6.38. The molecule has 0 saturated carbocycles. The molecular formula is C33H34N4O3. The monoisotopic (exact) mass is 534 g/mol. The number of esters is 1. The van der Waals surface area contributed by atoms with E-state index in [1.54, 1.807) is 0 Å². The normalized spacial score (nSPS) is 28.9. The molecule has 1 unspecified atom stereocenters. The minimum absolute atomic E-state index is 0.0614. The molecule has 0 amide bonds. The van der Waals surface area contributed by atoms with Crippen LogP contribution >= 0.6 is 0 Å². The topological polar surface area (TPSA) is 95.6 Å². The van der Waals surface area contributed by atoms with E-state index in [2.05, 4.69) is 52.1 Å². The van der Waals surface area contributed by atoms with E-state index in [1.807, 2.05) is 13.0 Å². The first-order valence-electron chi connectivity index (χ1n) is 14.4. The van der Waals surface area contributed by atoms with Crippen LogP contribution in [-0.2, 0) is 9.53 Å². The van der Waals surface area contributed by atoms with Gasteiger partial charge in [-0.15, -0.1) is 0 Å². The Morgan fingerprint density at radius 3 is 2.27 bits per heavy atom. The second kappa shape index (κ2) is 8.75. The zero-order valence-electron chi connectivity index (χ0n) is 23.9. The maximum Gasteiger partial charge on any atom is 0.306 e. The Morgan fingerprint density at radius 1 is 0.950 bits per heavy atom. The number of nitrogens with zero attached hydrogens (tertiary/aromatic N) is 3. The van der Waals surface area contributed by atoms with Crippen molar-refractivity contribution in [2.45, 2.75) is 73.3 Å². The summed E-state index contributed by atoms with van der Waals surface area (Å²) in [6, 6.07) is 0. The molecule has 0 spiro atoms. The number of allylic oxidation sites excluding steroid dienone is 11. The third-order valence-corrected chi connectivity index (χ3v) is 9.51. The van der Waals surface area contributed by atoms with Crippen LogP contribution in [0.4, 0.5) is 0 Å². The lowest BCUT2D eigenvalue weighted by Crippen LogP contribution is -2.29. The van der Waals surface area contributed by atoms with Gasteiger partial charge in [0.2, 0.25) is 0 Å². The molecule has 1 saturated heterocycles. The van der Waals surface area contributed by atoms with Crippen molar-refractivity contribution in [3.05, 3.63) is 91.5 Å². The van der Waals surface area contributed by atoms with Gasteiger partial charge in [0.15, 0.2) is 6.10 Å². The summed E-state index contributed by atoms with van der Waals surface area (Å²) in [6.45, 7) is 12.8. The van der Waals surface area contributed by atoms with Crippen molar-refractivity contribution in [3.63, 3.8) is 0 Å². The molecule has 1 aliphatic carbocycles. The van der Waals surface area contributed by atoms with Crippen LogP contribution in [0.15, 0.2) is 106 Å². The molecule has 8 bridgehead atoms. The van der Waals surface area contributed by atoms with E-state index in [1.165, 1.54) is 16.7 Å². The van der Waals surface area contributed by atoms with Gasteiger partial charge in [0.1, 0.15) is 5.76 Å². The molecule has 0 aromatic heterocycles. The lowest BCUT2D eigenvalue weighted by molar-refractivity contribution is -0.147. The highest BCUT2D eigenvalue weighted by atomic mass is 16.6. The fourth-order valence-corrected chi connectivity index (χ4v) is 7.19. The molecule has 0 radical (unpaired) electrons. The van der Waals surface area contributed by atoms with Gasteiger partial charge in [-0.2, -0.15) is 0 Å². The zero-order valence-corrected chi connectivity index (χ0v) is 23.9. The largest absolute Gasteiger partial charge is 0.507 e. The number of ether oxygens (including phenoxy) is 1. The quantitative estimate of drug-likeness (QED) is 0.402. The van der Waals surface area contributed by atoms with Crippen molar-refractivity contribution in [1.29, 1.82) is 0 Å². The van der Waals surface area contributed by atoms with Crippen LogP contribution in [0.5, 0.6) is 0 Å². The van der Waals surface area contributed by atoms with Crippen LogP contribution in [-0.4, -0.2) is 34.3 Å². The SMILES string of the molecule is CCC1=C(C)C2=NC1=CC1=C(C)C3=C(O)C4OC(=O)CC[C@@H]5C(=C4C3=N1)NC(=CC1=NC(=C2)C(CC)=C1C)[C@H]5C. The number of rotatable bonds is 2. The van der Waals surface area contributed by atoms with Crippen LogP contribution in [0, 0.1) is 11.8 Å². The van der Waals surface area contributed by atoms with Gasteiger partial charge in [0.25, 0.3) is 0 Å². The number of fused-ring (bicyclic) bond motifs is 4. The van der Waals surface area contributed by atoms with Crippen LogP contribution in [0.2, 0.25) is 0 Å². The Bertz CT molecular complexity index is 1680. The highest BCUT2D eigenvalue weighted by molar-refractivity contribution is 6.22. The van der Waals surface area contributed by atoms with Crippen molar-refractivity contribution >= 4 is 23.1 Å². The minimum atomic E-state index is -0.850. The molecule has 0 aromatic rings. The highest BCUT2D eigenvalue weighted by Gasteiger charge is 2.48. The highest BCUT2D eigenvalue weighted by Crippen LogP contribution is 2.48. The van der Waals surface area contributed by atoms with Crippen molar-refractivity contribution < 1.29 is 14.6 Å². The number of aliphatic imine (C=N–C) groups is 3. The lowest BCUT2D eigenvalue weighted by Gasteiger charge is -2.24. The maximum absolute atomic E-state index is 12.8. The van der Waals surface area contributed by atoms with Crippen LogP contribution in [0.25, 0.3) is 0 Å². The number of aliphatic hydroxyl groups excluding tert-OH is 1. The van der Waals surface area contributed by atoms with Gasteiger partial charge in [-0.3, -0.25) is 4.79 Å². The molecule has 6 heterocycles. The first kappa shape index (κ1) is 25.0. The molecular weight excluding hydrogens is 500 g/mol. The van der Waals surface area contributed by atoms with Gasteiger partial charge < -0.3 is 15.2 Å². The average Bonchev–Trinajstić information content (AvgIpc) is 3.64. The molecule has 7 heteroatoms. The average molecular weight is 535 g/mol. The van der Waals surface area contributed by atoms with E-state index < -0.39 is 6.10 Å². The fraction of sp³-hybridized carbons (Fsp3) is 0.394. The Balaban J connectivity index is 1.53. The summed E-state index contributed by atoms with van der Waals surface area (Å²) >= 11 is 0. The second-order valence-corrected chi connectivity index (χ2v) is 11.6. The summed E-state index contributed by atoms with van der Waals surface area (Å²) in [5.41, 5.74) is 14.3. The molecule has 7 rings (SSSR count). The van der Waals surface area contributed by atoms with E-state index in [4.69, 9.17) is 19.7 Å². The molecule has 7 nitrogen and oxygen atoms in total. The Hall–Kier alpha value is -4.00. The molecule has 2 N–H and O–H groups in total. The smallest absolute Gasteiger partial charge is 0.306 e. The predicted molar refractivity (Wildman–Crippen MR) is 157 cm³/mol. The van der Waals surface area contributed by atoms with Gasteiger partial charge >= 0.3 is 5.97 Å². The van der Waals surface area contributed by atoms with Gasteiger partial charge in [0, 0.05) is 40.8 Å². The molecule has 40 heavy (non-hydrogen) atoms. The van der Waals surface area contributed by atoms with E-state index in [0.717, 1.165) is 69.5 Å². The van der Waals surface area contributed by atoms with Crippen molar-refractivity contribution in [2.75, 3.05) is 0 Å². The first-order chi connectivity index (χ1) is 19.2. The third-order valence-electron chi connectivity index (χ3n) is 9.51. The Labute approximate surface area is 234 Å². The maximum atomic E-state index is 12.8. The zero-order chi connectivity index (χ0) is 28.0. The van der Waals surface area contributed by atoms with Crippen molar-refractivity contribution in [2.24, 2.45) is 26.8 Å². The summed E-state index contributed by atoms with van der Waals surface area (Å²) < 4.78 is 5.86. The number of nitrogens with one attached hydrogen (secondary N) is 1. The minimum Gasteiger partial charge on any atom is -0.507 e. The summed E-state index contributed by atoms with van der Waals surface area (Å²) in [4.78, 5) is 28.1. The van der Waals surface area contributed by atoms with Crippen LogP contribution in [0.1, 0.15) is 67.2 Å². The molecule has 3 atom stereocenters. The number of carbonyl (C=O) groups excluding carboxylic acids is 1. The summed E-state index contributed by atoms with van der Waals surface area (Å²) in [5, 5.41) is 15.2. The van der Waals surface area contributed by atoms with Crippen LogP contribution < -0.4 is 5.32 Å². The number of hydrogen-bond acceptors (Lipinski definition) is 7. The summed E-state index contributed by atoms with van der Waals surface area (Å²) in [7, 11) is 0. The number of carbonyl (C=O) groups is 1. The van der Waals surface area contributed by atoms with E-state index in [-0.39, 0.29) is 23.6 Å². The van der Waals surface area contributed by atoms with Gasteiger partial charge in [-0.25, -0.2) is 15.0 Å². The van der Waals surface area contributed by atoms with Gasteiger partial charge in [0.05, 0.1) is 34.2 Å². The van der Waals surface area contributed by atoms with Crippen LogP contribution in [0.3, 0.4) is 0 Å². The second-order valence-electron chi connectivity index (χ2n) is 11.6. The Morgan fingerprint density at radius 2 is 1.60 bits per heavy atom. The molecule has 0 aromatic carbocycles. The van der Waals surface area contributed by atoms with E-state index in [9.17, 15) is 9.90 Å².